The summed E-state index contributed by atoms with van der Waals surface area (Å²) in [6.07, 6.45) is -4.71. The molecule has 38 heavy (non-hydrogen) atoms. The molecule has 0 radical (unpaired) electrons. The SMILES string of the molecule is C=CN[C@@H]1C(=O)N[C@@H](CC(=O)O)c2cc(cc(C(F)(F)F)c2F)-c2c(C)cc(C)cc2Oc2cccc1c2. The molecule has 10 heteroatoms. The molecule has 4 bridgehead atoms. The number of aliphatic carboxylic acids is 1. The van der Waals surface area contributed by atoms with E-state index in [2.05, 4.69) is 17.2 Å². The van der Waals surface area contributed by atoms with E-state index in [1.54, 1.807) is 50.2 Å². The van der Waals surface area contributed by atoms with Gasteiger partial charge in [-0.3, -0.25) is 9.59 Å². The number of carboxylic acid groups (broad SMARTS) is 1. The van der Waals surface area contributed by atoms with E-state index < -0.39 is 53.5 Å². The number of hydrogen-bond acceptors (Lipinski definition) is 4. The number of carbonyl (C=O) groups is 2. The van der Waals surface area contributed by atoms with Gasteiger partial charge in [0.2, 0.25) is 5.91 Å². The number of carboxylic acids is 1. The first-order chi connectivity index (χ1) is 17.9. The summed E-state index contributed by atoms with van der Waals surface area (Å²) in [5, 5.41) is 14.7. The van der Waals surface area contributed by atoms with E-state index in [9.17, 15) is 27.9 Å². The molecule has 3 aromatic rings. The second-order valence-corrected chi connectivity index (χ2v) is 9.02. The Morgan fingerprint density at radius 1 is 1.18 bits per heavy atom. The Kier molecular flexibility index (Phi) is 7.17. The summed E-state index contributed by atoms with van der Waals surface area (Å²) in [4.78, 5) is 25.0. The lowest BCUT2D eigenvalue weighted by atomic mass is 9.91. The fraction of sp³-hybridized carbons (Fsp3) is 0.214. The lowest BCUT2D eigenvalue weighted by molar-refractivity contribution is -0.140. The quantitative estimate of drug-likeness (QED) is 0.344. The lowest BCUT2D eigenvalue weighted by Crippen LogP contribution is -2.39. The molecule has 2 atom stereocenters. The minimum Gasteiger partial charge on any atom is -0.481 e. The summed E-state index contributed by atoms with van der Waals surface area (Å²) in [6, 6.07) is 8.89. The third-order valence-corrected chi connectivity index (χ3v) is 6.18. The van der Waals surface area contributed by atoms with E-state index in [1.807, 2.05) is 0 Å². The summed E-state index contributed by atoms with van der Waals surface area (Å²) >= 11 is 0. The fourth-order valence-corrected chi connectivity index (χ4v) is 4.62. The van der Waals surface area contributed by atoms with Gasteiger partial charge in [-0.25, -0.2) is 4.39 Å². The Labute approximate surface area is 215 Å². The van der Waals surface area contributed by atoms with Crippen molar-refractivity contribution in [1.29, 1.82) is 0 Å². The molecule has 0 aliphatic carbocycles. The van der Waals surface area contributed by atoms with Crippen LogP contribution in [0.15, 0.2) is 61.3 Å². The highest BCUT2D eigenvalue weighted by atomic mass is 19.4. The molecule has 0 saturated carbocycles. The zero-order valence-electron chi connectivity index (χ0n) is 20.4. The van der Waals surface area contributed by atoms with Gasteiger partial charge in [-0.1, -0.05) is 24.8 Å². The van der Waals surface area contributed by atoms with E-state index in [1.165, 1.54) is 6.20 Å². The second-order valence-electron chi connectivity index (χ2n) is 9.02. The second kappa shape index (κ2) is 10.2. The standard InChI is InChI=1S/C28H24F4N2O4/c1-4-33-26-16-6-5-7-18(10-16)38-22-9-14(2)8-15(3)24(22)17-11-19(21(13-23(35)36)34-27(26)37)25(29)20(12-17)28(30,31)32/h4-12,21,26,33H,1,13H2,2-3H3,(H,34,37)(H,35,36)/t21-,26-/m0/s1. The van der Waals surface area contributed by atoms with E-state index in [-0.39, 0.29) is 16.9 Å². The first-order valence-corrected chi connectivity index (χ1v) is 11.6. The molecule has 1 aliphatic rings. The third kappa shape index (κ3) is 5.34. The maximum atomic E-state index is 15.5. The van der Waals surface area contributed by atoms with Crippen molar-refractivity contribution in [2.75, 3.05) is 0 Å². The molecule has 0 fully saturated rings. The van der Waals surface area contributed by atoms with Crippen molar-refractivity contribution < 1.29 is 37.0 Å². The van der Waals surface area contributed by atoms with Gasteiger partial charge in [-0.15, -0.1) is 0 Å². The Morgan fingerprint density at radius 2 is 1.92 bits per heavy atom. The maximum absolute atomic E-state index is 15.5. The van der Waals surface area contributed by atoms with Crippen LogP contribution in [0, 0.1) is 19.7 Å². The van der Waals surface area contributed by atoms with Crippen LogP contribution in [-0.4, -0.2) is 17.0 Å². The minimum atomic E-state index is -5.10. The Balaban J connectivity index is 2.09. The van der Waals surface area contributed by atoms with Crippen LogP contribution in [0.25, 0.3) is 11.1 Å². The molecule has 0 spiro atoms. The van der Waals surface area contributed by atoms with E-state index >= 15 is 4.39 Å². The molecule has 1 amide bonds. The van der Waals surface area contributed by atoms with Gasteiger partial charge in [0.25, 0.3) is 0 Å². The zero-order valence-corrected chi connectivity index (χ0v) is 20.4. The van der Waals surface area contributed by atoms with Crippen molar-refractivity contribution in [3.05, 3.63) is 94.9 Å². The minimum absolute atomic E-state index is 0.0398. The van der Waals surface area contributed by atoms with Gasteiger partial charge >= 0.3 is 12.1 Å². The summed E-state index contributed by atoms with van der Waals surface area (Å²) in [5.74, 6) is -3.38. The summed E-state index contributed by atoms with van der Waals surface area (Å²) in [7, 11) is 0. The number of rotatable bonds is 4. The summed E-state index contributed by atoms with van der Waals surface area (Å²) in [6.45, 7) is 7.04. The average molecular weight is 529 g/mol. The van der Waals surface area contributed by atoms with Crippen LogP contribution in [0.2, 0.25) is 0 Å². The molecule has 1 heterocycles. The third-order valence-electron chi connectivity index (χ3n) is 6.18. The molecule has 0 saturated heterocycles. The molecule has 4 rings (SSSR count). The smallest absolute Gasteiger partial charge is 0.419 e. The van der Waals surface area contributed by atoms with E-state index in [4.69, 9.17) is 4.74 Å². The predicted octanol–water partition coefficient (Wildman–Crippen LogP) is 6.34. The number of amides is 1. The Bertz CT molecular complexity index is 1440. The molecular formula is C28H24F4N2O4. The van der Waals surface area contributed by atoms with E-state index in [0.29, 0.717) is 22.9 Å². The van der Waals surface area contributed by atoms with Crippen molar-refractivity contribution in [2.45, 2.75) is 38.5 Å². The van der Waals surface area contributed by atoms with Crippen LogP contribution in [0.5, 0.6) is 11.5 Å². The average Bonchev–Trinajstić information content (AvgIpc) is 2.81. The molecule has 6 nitrogen and oxygen atoms in total. The van der Waals surface area contributed by atoms with Gasteiger partial charge in [0.1, 0.15) is 23.4 Å². The zero-order chi connectivity index (χ0) is 27.8. The van der Waals surface area contributed by atoms with Crippen molar-refractivity contribution in [3.8, 4) is 22.6 Å². The lowest BCUT2D eigenvalue weighted by Gasteiger charge is -2.24. The molecule has 0 unspecified atom stereocenters. The van der Waals surface area contributed by atoms with E-state index in [0.717, 1.165) is 11.6 Å². The number of alkyl halides is 3. The number of halogens is 4. The number of fused-ring (bicyclic) bond motifs is 6. The monoisotopic (exact) mass is 528 g/mol. The van der Waals surface area contributed by atoms with Gasteiger partial charge < -0.3 is 20.5 Å². The molecule has 0 aromatic heterocycles. The predicted molar refractivity (Wildman–Crippen MR) is 132 cm³/mol. The van der Waals surface area contributed by atoms with Gasteiger partial charge in [0.15, 0.2) is 0 Å². The van der Waals surface area contributed by atoms with Crippen molar-refractivity contribution >= 4 is 11.9 Å². The maximum Gasteiger partial charge on any atom is 0.419 e. The van der Waals surface area contributed by atoms with Crippen molar-refractivity contribution in [3.63, 3.8) is 0 Å². The van der Waals surface area contributed by atoms with Crippen molar-refractivity contribution in [1.82, 2.24) is 10.6 Å². The topological polar surface area (TPSA) is 87.7 Å². The van der Waals surface area contributed by atoms with Crippen LogP contribution in [-0.2, 0) is 15.8 Å². The highest BCUT2D eigenvalue weighted by Gasteiger charge is 2.38. The fourth-order valence-electron chi connectivity index (χ4n) is 4.62. The Hall–Kier alpha value is -4.34. The number of benzene rings is 3. The molecule has 3 N–H and O–H groups in total. The number of aryl methyl sites for hydroxylation is 2. The van der Waals surface area contributed by atoms with Gasteiger partial charge in [0.05, 0.1) is 18.0 Å². The first kappa shape index (κ1) is 26.7. The van der Waals surface area contributed by atoms with Crippen LogP contribution in [0.4, 0.5) is 17.6 Å². The van der Waals surface area contributed by atoms with Crippen LogP contribution < -0.4 is 15.4 Å². The van der Waals surface area contributed by atoms with Gasteiger partial charge in [-0.05, 0) is 72.6 Å². The number of ether oxygens (including phenoxy) is 1. The van der Waals surface area contributed by atoms with Gasteiger partial charge in [-0.2, -0.15) is 13.2 Å². The normalized spacial score (nSPS) is 17.1. The van der Waals surface area contributed by atoms with Crippen molar-refractivity contribution in [2.24, 2.45) is 0 Å². The number of nitrogens with one attached hydrogen (secondary N) is 2. The molecule has 1 aliphatic heterocycles. The van der Waals surface area contributed by atoms with Crippen LogP contribution in [0.3, 0.4) is 0 Å². The largest absolute Gasteiger partial charge is 0.481 e. The summed E-state index contributed by atoms with van der Waals surface area (Å²) < 4.78 is 63.6. The van der Waals surface area contributed by atoms with Crippen LogP contribution >= 0.6 is 0 Å². The molecule has 3 aromatic carbocycles. The number of carbonyl (C=O) groups excluding carboxylic acids is 1. The highest BCUT2D eigenvalue weighted by Crippen LogP contribution is 2.43. The molecular weight excluding hydrogens is 504 g/mol. The number of hydrogen-bond donors (Lipinski definition) is 3. The first-order valence-electron chi connectivity index (χ1n) is 11.6. The summed E-state index contributed by atoms with van der Waals surface area (Å²) in [5.41, 5.74) is -0.234. The molecule has 198 valence electrons. The highest BCUT2D eigenvalue weighted by molar-refractivity contribution is 5.85. The Morgan fingerprint density at radius 3 is 2.58 bits per heavy atom. The van der Waals surface area contributed by atoms with Gasteiger partial charge in [0, 0.05) is 11.1 Å². The van der Waals surface area contributed by atoms with Crippen LogP contribution in [0.1, 0.15) is 46.3 Å².